The molecule has 9 heteroatoms. The molecule has 1 aliphatic heterocycles. The number of amides is 2. The zero-order valence-corrected chi connectivity index (χ0v) is 21.5. The number of hydrogen-bond donors (Lipinski definition) is 2. The minimum atomic E-state index is -3.05. The number of fused-ring (bicyclic) bond motifs is 1. The molecule has 0 fully saturated rings. The third kappa shape index (κ3) is 4.63. The van der Waals surface area contributed by atoms with Gasteiger partial charge in [-0.3, -0.25) is 19.7 Å². The Kier molecular flexibility index (Phi) is 6.15. The molecule has 1 atom stereocenters. The summed E-state index contributed by atoms with van der Waals surface area (Å²) < 4.78 is 17.3. The van der Waals surface area contributed by atoms with Gasteiger partial charge in [-0.1, -0.05) is 44.5 Å². The van der Waals surface area contributed by atoms with E-state index >= 15 is 0 Å². The number of rotatable bonds is 5. The van der Waals surface area contributed by atoms with Crippen LogP contribution in [0.5, 0.6) is 0 Å². The largest absolute Gasteiger partial charge is 0.308 e. The number of halogens is 1. The maximum absolute atomic E-state index is 13.6. The van der Waals surface area contributed by atoms with Crippen molar-refractivity contribution in [3.05, 3.63) is 87.7 Å². The van der Waals surface area contributed by atoms with E-state index in [-0.39, 0.29) is 33.8 Å². The molecular formula is C26H27ClN3O4S+. The van der Waals surface area contributed by atoms with Gasteiger partial charge >= 0.3 is 0 Å². The molecule has 0 saturated carbocycles. The van der Waals surface area contributed by atoms with Crippen LogP contribution in [0, 0.1) is 6.92 Å². The van der Waals surface area contributed by atoms with Crippen LogP contribution in [0.1, 0.15) is 58.2 Å². The quantitative estimate of drug-likeness (QED) is 0.230. The predicted molar refractivity (Wildman–Crippen MR) is 137 cm³/mol. The van der Waals surface area contributed by atoms with E-state index in [4.69, 9.17) is 11.6 Å². The van der Waals surface area contributed by atoms with Crippen molar-refractivity contribution >= 4 is 44.7 Å². The smallest absolute Gasteiger partial charge is 0.264 e. The first-order chi connectivity index (χ1) is 16.3. The highest BCUT2D eigenvalue weighted by molar-refractivity contribution is 8.01. The minimum absolute atomic E-state index is 0.0467. The summed E-state index contributed by atoms with van der Waals surface area (Å²) >= 11 is 6.32. The van der Waals surface area contributed by atoms with Gasteiger partial charge in [-0.15, -0.1) is 0 Å². The van der Waals surface area contributed by atoms with E-state index in [1.165, 1.54) is 24.5 Å². The molecule has 1 aliphatic rings. The van der Waals surface area contributed by atoms with Crippen molar-refractivity contribution in [2.75, 3.05) is 4.72 Å². The zero-order valence-electron chi connectivity index (χ0n) is 20.0. The number of aryl methyl sites for hydroxylation is 1. The number of imide groups is 1. The lowest BCUT2D eigenvalue weighted by atomic mass is 9.87. The fraction of sp³-hybridized carbons (Fsp3) is 0.231. The van der Waals surface area contributed by atoms with E-state index in [9.17, 15) is 19.0 Å². The molecule has 0 saturated heterocycles. The Morgan fingerprint density at radius 1 is 1.06 bits per heavy atom. The van der Waals surface area contributed by atoms with Crippen LogP contribution in [0.2, 0.25) is 5.02 Å². The molecule has 2 N–H and O–H groups in total. The average molecular weight is 513 g/mol. The Morgan fingerprint density at radius 2 is 1.69 bits per heavy atom. The summed E-state index contributed by atoms with van der Waals surface area (Å²) in [5.74, 6) is 2.74. The summed E-state index contributed by atoms with van der Waals surface area (Å²) in [6.45, 7) is 8.03. The lowest BCUT2D eigenvalue weighted by Crippen LogP contribution is -2.33. The van der Waals surface area contributed by atoms with Crippen molar-refractivity contribution in [2.45, 2.75) is 44.6 Å². The van der Waals surface area contributed by atoms with E-state index in [2.05, 4.69) is 31.4 Å². The molecule has 35 heavy (non-hydrogen) atoms. The molecular weight excluding hydrogens is 486 g/mol. The third-order valence-corrected chi connectivity index (χ3v) is 7.95. The molecule has 2 amide bonds. The second-order valence-electron chi connectivity index (χ2n) is 9.63. The Bertz CT molecular complexity index is 1460. The van der Waals surface area contributed by atoms with Gasteiger partial charge in [0.25, 0.3) is 11.8 Å². The number of nitrogens with zero attached hydrogens (tertiary/aromatic N) is 2. The summed E-state index contributed by atoms with van der Waals surface area (Å²) in [6.07, 6.45) is 2.89. The third-order valence-electron chi connectivity index (χ3n) is 6.05. The lowest BCUT2D eigenvalue weighted by molar-refractivity contribution is -0.905. The van der Waals surface area contributed by atoms with Gasteiger partial charge in [-0.25, -0.2) is 4.21 Å². The van der Waals surface area contributed by atoms with Gasteiger partial charge < -0.3 is 4.72 Å². The number of nitrogens with one attached hydrogen (secondary N) is 1. The van der Waals surface area contributed by atoms with Crippen molar-refractivity contribution in [3.63, 3.8) is 0 Å². The van der Waals surface area contributed by atoms with Gasteiger partial charge in [0, 0.05) is 21.3 Å². The second kappa shape index (κ2) is 8.70. The van der Waals surface area contributed by atoms with Crippen LogP contribution >= 0.6 is 11.6 Å². The fourth-order valence-electron chi connectivity index (χ4n) is 3.95. The summed E-state index contributed by atoms with van der Waals surface area (Å²) in [7, 11) is -3.05. The van der Waals surface area contributed by atoms with Crippen molar-refractivity contribution < 1.29 is 23.7 Å². The average Bonchev–Trinajstić information content (AvgIpc) is 3.03. The highest BCUT2D eigenvalue weighted by Gasteiger charge is 2.40. The van der Waals surface area contributed by atoms with Crippen molar-refractivity contribution in [3.8, 4) is 0 Å². The molecule has 4 rings (SSSR count). The number of benzene rings is 2. The zero-order chi connectivity index (χ0) is 25.7. The Balaban J connectivity index is 1.69. The normalized spacial score (nSPS) is 15.2. The lowest BCUT2D eigenvalue weighted by Gasteiger charge is -2.20. The molecule has 0 radical (unpaired) electrons. The van der Waals surface area contributed by atoms with E-state index in [1.807, 2.05) is 19.1 Å². The number of carbonyl (C=O) groups is 2. The molecule has 7 nitrogen and oxygen atoms in total. The van der Waals surface area contributed by atoms with Gasteiger partial charge in [0.1, 0.15) is 0 Å². The number of aromatic nitrogens is 1. The molecule has 2 aromatic carbocycles. The van der Waals surface area contributed by atoms with E-state index in [0.29, 0.717) is 10.5 Å². The molecule has 1 aromatic heterocycles. The number of anilines is 1. The van der Waals surface area contributed by atoms with Crippen LogP contribution in [-0.2, 0) is 21.7 Å². The number of pyridine rings is 1. The van der Waals surface area contributed by atoms with Crippen LogP contribution < -0.4 is 9.45 Å². The molecule has 182 valence electrons. The summed E-state index contributed by atoms with van der Waals surface area (Å²) in [5.41, 5.74) is 2.73. The maximum atomic E-state index is 13.6. The van der Waals surface area contributed by atoms with Crippen molar-refractivity contribution in [1.82, 2.24) is 4.90 Å². The van der Waals surface area contributed by atoms with Gasteiger partial charge in [0.05, 0.1) is 38.1 Å². The van der Waals surface area contributed by atoms with Gasteiger partial charge in [0.15, 0.2) is 0 Å². The standard InChI is InChI=1S/C26H26ClN3O4S/c1-16-12-13-29(33)14-17(16)15-30-24(31)22-20(27)10-11-21(23(22)25(30)32)28-35(5,34)19-8-6-18(7-9-19)26(2,3)4/h6-14H,5,15H2,1-4H3,(H-,28,32,33,34)/p+1. The second-order valence-corrected chi connectivity index (χ2v) is 12.1. The summed E-state index contributed by atoms with van der Waals surface area (Å²) in [5, 5.41) is 9.88. The van der Waals surface area contributed by atoms with E-state index in [0.717, 1.165) is 20.8 Å². The van der Waals surface area contributed by atoms with Crippen LogP contribution in [0.4, 0.5) is 5.69 Å². The van der Waals surface area contributed by atoms with Crippen LogP contribution in [-0.4, -0.2) is 32.0 Å². The predicted octanol–water partition coefficient (Wildman–Crippen LogP) is 4.37. The van der Waals surface area contributed by atoms with Crippen molar-refractivity contribution in [2.24, 2.45) is 0 Å². The first kappa shape index (κ1) is 24.8. The molecule has 0 spiro atoms. The molecule has 1 unspecified atom stereocenters. The highest BCUT2D eigenvalue weighted by Crippen LogP contribution is 2.36. The monoisotopic (exact) mass is 512 g/mol. The molecule has 0 bridgehead atoms. The Hall–Kier alpha value is -3.36. The molecule has 0 aliphatic carbocycles. The van der Waals surface area contributed by atoms with Gasteiger partial charge in [0.2, 0.25) is 12.4 Å². The molecule has 2 heterocycles. The van der Waals surface area contributed by atoms with Gasteiger partial charge in [-0.2, -0.15) is 0 Å². The maximum Gasteiger partial charge on any atom is 0.264 e. The highest BCUT2D eigenvalue weighted by atomic mass is 35.5. The SMILES string of the molecule is C=S(=O)(Nc1ccc(Cl)c2c1C(=O)N(Cc1c[n+](O)ccc1C)C2=O)c1ccc(C(C)(C)C)cc1. The number of hydrogen-bond acceptors (Lipinski definition) is 4. The number of carbonyl (C=O) groups excluding carboxylic acids is 2. The van der Waals surface area contributed by atoms with E-state index in [1.54, 1.807) is 18.2 Å². The minimum Gasteiger partial charge on any atom is -0.308 e. The topological polar surface area (TPSA) is 90.6 Å². The first-order valence-electron chi connectivity index (χ1n) is 10.9. The van der Waals surface area contributed by atoms with Crippen LogP contribution in [0.25, 0.3) is 0 Å². The summed E-state index contributed by atoms with van der Waals surface area (Å²) in [6, 6.07) is 12.0. The van der Waals surface area contributed by atoms with Crippen LogP contribution in [0.15, 0.2) is 59.8 Å². The Labute approximate surface area is 210 Å². The first-order valence-corrected chi connectivity index (χ1v) is 13.0. The Morgan fingerprint density at radius 3 is 2.31 bits per heavy atom. The molecule has 3 aromatic rings. The fourth-order valence-corrected chi connectivity index (χ4v) is 5.40. The van der Waals surface area contributed by atoms with Crippen LogP contribution in [0.3, 0.4) is 0 Å². The summed E-state index contributed by atoms with van der Waals surface area (Å²) in [4.78, 5) is 28.1. The van der Waals surface area contributed by atoms with Gasteiger partial charge in [-0.05, 0) is 53.6 Å². The van der Waals surface area contributed by atoms with E-state index < -0.39 is 21.5 Å². The van der Waals surface area contributed by atoms with Crippen molar-refractivity contribution in [1.29, 1.82) is 0 Å².